The van der Waals surface area contributed by atoms with E-state index in [0.717, 1.165) is 22.2 Å². The molecule has 1 aromatic heterocycles. The van der Waals surface area contributed by atoms with Gasteiger partial charge in [0.05, 0.1) is 25.6 Å². The van der Waals surface area contributed by atoms with Crippen LogP contribution >= 0.6 is 0 Å². The monoisotopic (exact) mass is 387 g/mol. The number of carbonyl (C=O) groups is 1. The number of H-pyrrole nitrogens is 1. The maximum Gasteiger partial charge on any atom is 0.323 e. The Hall–Kier alpha value is -3.93. The zero-order valence-electron chi connectivity index (χ0n) is 16.2. The molecule has 1 heterocycles. The number of benzene rings is 3. The van der Waals surface area contributed by atoms with Gasteiger partial charge in [-0.2, -0.15) is 0 Å². The van der Waals surface area contributed by atoms with Crippen LogP contribution in [0.1, 0.15) is 0 Å². The summed E-state index contributed by atoms with van der Waals surface area (Å²) < 4.78 is 10.5. The molecule has 2 amide bonds. The average molecular weight is 387 g/mol. The van der Waals surface area contributed by atoms with E-state index in [4.69, 9.17) is 9.47 Å². The number of carbonyl (C=O) groups excluding carboxylic acids is 1. The molecular weight excluding hydrogens is 366 g/mol. The first-order valence-corrected chi connectivity index (χ1v) is 9.15. The number of para-hydroxylation sites is 2. The molecule has 29 heavy (non-hydrogen) atoms. The standard InChI is InChI=1S/C23H21N3O3/c1-28-16-11-12-22(29-2)21(14-16)26-23(27)25-19-10-6-4-8-17(19)20-13-15-7-3-5-9-18(15)24-20/h3-14,24H,1-2H3,(H2,25,26,27). The molecule has 0 aliphatic rings. The maximum absolute atomic E-state index is 12.7. The topological polar surface area (TPSA) is 75.4 Å². The number of ether oxygens (including phenoxy) is 2. The van der Waals surface area contributed by atoms with Crippen LogP contribution in [0.25, 0.3) is 22.2 Å². The van der Waals surface area contributed by atoms with Gasteiger partial charge < -0.3 is 25.1 Å². The molecule has 0 spiro atoms. The molecule has 0 fully saturated rings. The molecular formula is C23H21N3O3. The van der Waals surface area contributed by atoms with Crippen LogP contribution in [0.4, 0.5) is 16.2 Å². The summed E-state index contributed by atoms with van der Waals surface area (Å²) in [5, 5.41) is 6.86. The summed E-state index contributed by atoms with van der Waals surface area (Å²) in [4.78, 5) is 16.1. The summed E-state index contributed by atoms with van der Waals surface area (Å²) >= 11 is 0. The number of urea groups is 1. The van der Waals surface area contributed by atoms with Crippen LogP contribution in [0, 0.1) is 0 Å². The number of fused-ring (bicyclic) bond motifs is 1. The lowest BCUT2D eigenvalue weighted by molar-refractivity contribution is 0.262. The second kappa shape index (κ2) is 7.98. The Morgan fingerprint density at radius 1 is 0.828 bits per heavy atom. The molecule has 146 valence electrons. The van der Waals surface area contributed by atoms with Gasteiger partial charge in [0.2, 0.25) is 0 Å². The molecule has 0 atom stereocenters. The van der Waals surface area contributed by atoms with E-state index < -0.39 is 0 Å². The quantitative estimate of drug-likeness (QED) is 0.423. The molecule has 0 aliphatic carbocycles. The van der Waals surface area contributed by atoms with Crippen molar-refractivity contribution in [2.75, 3.05) is 24.9 Å². The first kappa shape index (κ1) is 18.4. The van der Waals surface area contributed by atoms with Crippen LogP contribution < -0.4 is 20.1 Å². The molecule has 0 unspecified atom stereocenters. The zero-order chi connectivity index (χ0) is 20.2. The summed E-state index contributed by atoms with van der Waals surface area (Å²) in [5.74, 6) is 1.17. The van der Waals surface area contributed by atoms with Gasteiger partial charge in [-0.15, -0.1) is 0 Å². The Bertz CT molecular complexity index is 1130. The number of amides is 2. The van der Waals surface area contributed by atoms with Gasteiger partial charge in [0, 0.05) is 28.2 Å². The number of rotatable bonds is 5. The Labute approximate surface area is 168 Å². The second-order valence-electron chi connectivity index (χ2n) is 6.46. The number of methoxy groups -OCH3 is 2. The fourth-order valence-corrected chi connectivity index (χ4v) is 3.23. The molecule has 3 N–H and O–H groups in total. The van der Waals surface area contributed by atoms with Crippen molar-refractivity contribution in [3.8, 4) is 22.8 Å². The smallest absolute Gasteiger partial charge is 0.323 e. The number of aromatic amines is 1. The van der Waals surface area contributed by atoms with Crippen molar-refractivity contribution in [2.24, 2.45) is 0 Å². The van der Waals surface area contributed by atoms with Crippen molar-refractivity contribution < 1.29 is 14.3 Å². The van der Waals surface area contributed by atoms with Crippen LogP contribution in [-0.2, 0) is 0 Å². The first-order valence-electron chi connectivity index (χ1n) is 9.15. The lowest BCUT2D eigenvalue weighted by atomic mass is 10.1. The summed E-state index contributed by atoms with van der Waals surface area (Å²) in [6.45, 7) is 0. The first-order chi connectivity index (χ1) is 14.2. The number of hydrogen-bond donors (Lipinski definition) is 3. The summed E-state index contributed by atoms with van der Waals surface area (Å²) in [5.41, 5.74) is 4.09. The highest BCUT2D eigenvalue weighted by Crippen LogP contribution is 2.31. The normalized spacial score (nSPS) is 10.6. The van der Waals surface area contributed by atoms with Crippen molar-refractivity contribution in [2.45, 2.75) is 0 Å². The van der Waals surface area contributed by atoms with Crippen molar-refractivity contribution in [3.05, 3.63) is 72.8 Å². The number of anilines is 2. The summed E-state index contributed by atoms with van der Waals surface area (Å²) in [6, 6.07) is 22.6. The Kier molecular flexibility index (Phi) is 5.07. The van der Waals surface area contributed by atoms with E-state index >= 15 is 0 Å². The van der Waals surface area contributed by atoms with Crippen molar-refractivity contribution >= 4 is 28.3 Å². The highest BCUT2D eigenvalue weighted by molar-refractivity contribution is 6.03. The SMILES string of the molecule is COc1ccc(OC)c(NC(=O)Nc2ccccc2-c2cc3ccccc3[nH]2)c1. The highest BCUT2D eigenvalue weighted by atomic mass is 16.5. The van der Waals surface area contributed by atoms with Gasteiger partial charge in [-0.3, -0.25) is 0 Å². The molecule has 0 radical (unpaired) electrons. The van der Waals surface area contributed by atoms with E-state index in [2.05, 4.69) is 21.7 Å². The minimum absolute atomic E-state index is 0.375. The van der Waals surface area contributed by atoms with Crippen LogP contribution in [0.15, 0.2) is 72.8 Å². The zero-order valence-corrected chi connectivity index (χ0v) is 16.2. The third-order valence-electron chi connectivity index (χ3n) is 4.65. The van der Waals surface area contributed by atoms with Crippen molar-refractivity contribution in [3.63, 3.8) is 0 Å². The molecule has 6 heteroatoms. The number of hydrogen-bond acceptors (Lipinski definition) is 3. The largest absolute Gasteiger partial charge is 0.497 e. The Morgan fingerprint density at radius 2 is 1.59 bits per heavy atom. The van der Waals surface area contributed by atoms with E-state index in [0.29, 0.717) is 22.9 Å². The van der Waals surface area contributed by atoms with E-state index in [-0.39, 0.29) is 6.03 Å². The second-order valence-corrected chi connectivity index (χ2v) is 6.46. The Morgan fingerprint density at radius 3 is 2.38 bits per heavy atom. The molecule has 4 rings (SSSR count). The fraction of sp³-hybridized carbons (Fsp3) is 0.0870. The lowest BCUT2D eigenvalue weighted by Gasteiger charge is -2.14. The van der Waals surface area contributed by atoms with Crippen LogP contribution in [0.2, 0.25) is 0 Å². The predicted octanol–water partition coefficient (Wildman–Crippen LogP) is 5.50. The van der Waals surface area contributed by atoms with Gasteiger partial charge in [0.25, 0.3) is 0 Å². The van der Waals surface area contributed by atoms with Crippen molar-refractivity contribution in [1.29, 1.82) is 0 Å². The molecule has 3 aromatic carbocycles. The molecule has 0 bridgehead atoms. The van der Waals surface area contributed by atoms with Crippen molar-refractivity contribution in [1.82, 2.24) is 4.98 Å². The van der Waals surface area contributed by atoms with Gasteiger partial charge >= 0.3 is 6.03 Å². The minimum Gasteiger partial charge on any atom is -0.497 e. The Balaban J connectivity index is 1.60. The summed E-state index contributed by atoms with van der Waals surface area (Å²) in [7, 11) is 3.12. The van der Waals surface area contributed by atoms with E-state index in [1.165, 1.54) is 0 Å². The van der Waals surface area contributed by atoms with Gasteiger partial charge in [0.15, 0.2) is 0 Å². The predicted molar refractivity (Wildman–Crippen MR) is 116 cm³/mol. The molecule has 0 aliphatic heterocycles. The van der Waals surface area contributed by atoms with E-state index in [1.54, 1.807) is 32.4 Å². The van der Waals surface area contributed by atoms with Gasteiger partial charge in [0.1, 0.15) is 11.5 Å². The number of aromatic nitrogens is 1. The van der Waals surface area contributed by atoms with Gasteiger partial charge in [-0.25, -0.2) is 4.79 Å². The molecule has 4 aromatic rings. The number of nitrogens with one attached hydrogen (secondary N) is 3. The summed E-state index contributed by atoms with van der Waals surface area (Å²) in [6.07, 6.45) is 0. The van der Waals surface area contributed by atoms with E-state index in [1.807, 2.05) is 48.5 Å². The van der Waals surface area contributed by atoms with Gasteiger partial charge in [-0.05, 0) is 30.3 Å². The lowest BCUT2D eigenvalue weighted by Crippen LogP contribution is -2.20. The molecule has 0 saturated heterocycles. The van der Waals surface area contributed by atoms with Crippen LogP contribution in [-0.4, -0.2) is 25.2 Å². The van der Waals surface area contributed by atoms with E-state index in [9.17, 15) is 4.79 Å². The minimum atomic E-state index is -0.375. The van der Waals surface area contributed by atoms with Gasteiger partial charge in [-0.1, -0.05) is 36.4 Å². The van der Waals surface area contributed by atoms with Crippen LogP contribution in [0.3, 0.4) is 0 Å². The molecule has 6 nitrogen and oxygen atoms in total. The highest BCUT2D eigenvalue weighted by Gasteiger charge is 2.13. The fourth-order valence-electron chi connectivity index (χ4n) is 3.23. The average Bonchev–Trinajstić information content (AvgIpc) is 3.18. The molecule has 0 saturated carbocycles. The van der Waals surface area contributed by atoms with Crippen LogP contribution in [0.5, 0.6) is 11.5 Å². The maximum atomic E-state index is 12.7. The third kappa shape index (κ3) is 3.87. The third-order valence-corrected chi connectivity index (χ3v) is 4.65.